The molecule has 1 aliphatic carbocycles. The van der Waals surface area contributed by atoms with E-state index < -0.39 is 0 Å². The highest BCUT2D eigenvalue weighted by atomic mass is 16.7. The van der Waals surface area contributed by atoms with Gasteiger partial charge in [-0.05, 0) is 56.7 Å². The largest absolute Gasteiger partial charge is 0.454 e. The van der Waals surface area contributed by atoms with Crippen LogP contribution >= 0.6 is 0 Å². The number of anilines is 1. The van der Waals surface area contributed by atoms with E-state index in [1.807, 2.05) is 9.58 Å². The molecule has 0 bridgehead atoms. The maximum absolute atomic E-state index is 12.8. The fourth-order valence-corrected chi connectivity index (χ4v) is 4.66. The fraction of sp³-hybridized carbons (Fsp3) is 0.458. The summed E-state index contributed by atoms with van der Waals surface area (Å²) in [6, 6.07) is 7.09. The third kappa shape index (κ3) is 4.35. The van der Waals surface area contributed by atoms with Crippen molar-refractivity contribution >= 4 is 17.6 Å². The number of nitrogens with zero attached hydrogens (tertiary/aromatic N) is 3. The van der Waals surface area contributed by atoms with Crippen molar-refractivity contribution < 1.29 is 19.1 Å². The van der Waals surface area contributed by atoms with Crippen LogP contribution in [0.3, 0.4) is 0 Å². The Balaban J connectivity index is 1.18. The van der Waals surface area contributed by atoms with Crippen LogP contribution in [0.5, 0.6) is 11.5 Å². The molecular formula is C24H28N4O4. The highest BCUT2D eigenvalue weighted by Crippen LogP contribution is 2.33. The number of nitrogens with one attached hydrogen (secondary N) is 1. The second kappa shape index (κ2) is 9.06. The molecule has 2 aromatic rings. The summed E-state index contributed by atoms with van der Waals surface area (Å²) in [5.74, 6) is 1.89. The van der Waals surface area contributed by atoms with Crippen molar-refractivity contribution in [3.05, 3.63) is 47.7 Å². The van der Waals surface area contributed by atoms with Gasteiger partial charge in [0.25, 0.3) is 5.91 Å². The summed E-state index contributed by atoms with van der Waals surface area (Å²) in [6.07, 6.45) is 10.7. The summed E-state index contributed by atoms with van der Waals surface area (Å²) in [5.41, 5.74) is 1.79. The maximum Gasteiger partial charge on any atom is 0.256 e. The monoisotopic (exact) mass is 436 g/mol. The van der Waals surface area contributed by atoms with E-state index in [9.17, 15) is 9.59 Å². The minimum atomic E-state index is -0.224. The number of rotatable bonds is 5. The summed E-state index contributed by atoms with van der Waals surface area (Å²) in [5, 5.41) is 7.41. The standard InChI is InChI=1S/C24H28N4O4/c29-23(14-17-4-2-1-3-5-17)27-12-9-19(10-13-27)28-22(8-11-25-28)26-24(30)18-6-7-20-21(15-18)32-16-31-20/h4,6-8,11,15,19H,1-3,5,9-10,12-14,16H2,(H,26,30). The van der Waals surface area contributed by atoms with E-state index in [-0.39, 0.29) is 24.6 Å². The van der Waals surface area contributed by atoms with Crippen molar-refractivity contribution in [3.63, 3.8) is 0 Å². The first kappa shape index (κ1) is 20.6. The van der Waals surface area contributed by atoms with Gasteiger partial charge in [-0.25, -0.2) is 4.68 Å². The van der Waals surface area contributed by atoms with Gasteiger partial charge in [0.05, 0.1) is 12.2 Å². The van der Waals surface area contributed by atoms with E-state index in [1.54, 1.807) is 30.5 Å². The van der Waals surface area contributed by atoms with Crippen LogP contribution in [-0.2, 0) is 4.79 Å². The molecule has 5 rings (SSSR count). The Morgan fingerprint density at radius 2 is 1.94 bits per heavy atom. The first-order chi connectivity index (χ1) is 15.7. The Bertz CT molecular complexity index is 1040. The van der Waals surface area contributed by atoms with Crippen LogP contribution < -0.4 is 14.8 Å². The molecule has 1 aromatic carbocycles. The van der Waals surface area contributed by atoms with E-state index in [0.717, 1.165) is 25.7 Å². The van der Waals surface area contributed by atoms with Gasteiger partial charge < -0.3 is 19.7 Å². The zero-order chi connectivity index (χ0) is 21.9. The molecule has 1 N–H and O–H groups in total. The van der Waals surface area contributed by atoms with Crippen LogP contribution in [0.4, 0.5) is 5.82 Å². The van der Waals surface area contributed by atoms with Crippen LogP contribution in [-0.4, -0.2) is 46.4 Å². The molecule has 8 nitrogen and oxygen atoms in total. The number of piperidine rings is 1. The summed E-state index contributed by atoms with van der Waals surface area (Å²) in [4.78, 5) is 27.4. The van der Waals surface area contributed by atoms with Crippen LogP contribution in [0.2, 0.25) is 0 Å². The third-order valence-corrected chi connectivity index (χ3v) is 6.47. The molecule has 0 spiro atoms. The summed E-state index contributed by atoms with van der Waals surface area (Å²) < 4.78 is 12.5. The second-order valence-corrected chi connectivity index (χ2v) is 8.58. The van der Waals surface area contributed by atoms with Gasteiger partial charge in [-0.1, -0.05) is 11.6 Å². The normalized spacial score (nSPS) is 18.4. The third-order valence-electron chi connectivity index (χ3n) is 6.47. The molecule has 2 amide bonds. The molecule has 1 aromatic heterocycles. The fourth-order valence-electron chi connectivity index (χ4n) is 4.66. The van der Waals surface area contributed by atoms with E-state index in [2.05, 4.69) is 16.5 Å². The number of amides is 2. The molecule has 1 saturated heterocycles. The Morgan fingerprint density at radius 3 is 2.75 bits per heavy atom. The zero-order valence-corrected chi connectivity index (χ0v) is 18.1. The van der Waals surface area contributed by atoms with Crippen LogP contribution in [0.25, 0.3) is 0 Å². The number of hydrogen-bond donors (Lipinski definition) is 1. The summed E-state index contributed by atoms with van der Waals surface area (Å²) >= 11 is 0. The molecule has 168 valence electrons. The number of ether oxygens (including phenoxy) is 2. The Labute approximate surface area is 187 Å². The maximum atomic E-state index is 12.8. The van der Waals surface area contributed by atoms with Crippen LogP contribution in [0.15, 0.2) is 42.1 Å². The number of carbonyl (C=O) groups is 2. The number of likely N-dealkylation sites (tertiary alicyclic amines) is 1. The van der Waals surface area contributed by atoms with Gasteiger partial charge in [0, 0.05) is 31.1 Å². The lowest BCUT2D eigenvalue weighted by molar-refractivity contribution is -0.131. The van der Waals surface area contributed by atoms with Gasteiger partial charge in [-0.2, -0.15) is 5.10 Å². The molecule has 3 aliphatic rings. The number of fused-ring (bicyclic) bond motifs is 1. The molecule has 0 radical (unpaired) electrons. The Kier molecular flexibility index (Phi) is 5.83. The lowest BCUT2D eigenvalue weighted by atomic mass is 9.96. The first-order valence-electron chi connectivity index (χ1n) is 11.4. The van der Waals surface area contributed by atoms with Crippen molar-refractivity contribution in [1.29, 1.82) is 0 Å². The Hall–Kier alpha value is -3.29. The van der Waals surface area contributed by atoms with Gasteiger partial charge in [-0.3, -0.25) is 9.59 Å². The van der Waals surface area contributed by atoms with Crippen molar-refractivity contribution in [2.24, 2.45) is 0 Å². The van der Waals surface area contributed by atoms with Crippen LogP contribution in [0.1, 0.15) is 61.3 Å². The van der Waals surface area contributed by atoms with E-state index in [0.29, 0.717) is 42.4 Å². The van der Waals surface area contributed by atoms with Gasteiger partial charge in [0.1, 0.15) is 5.82 Å². The van der Waals surface area contributed by atoms with Crippen molar-refractivity contribution in [2.45, 2.75) is 51.0 Å². The average Bonchev–Trinajstić information content (AvgIpc) is 3.48. The minimum absolute atomic E-state index is 0.148. The number of carbonyl (C=O) groups excluding carboxylic acids is 2. The molecule has 0 atom stereocenters. The van der Waals surface area contributed by atoms with Gasteiger partial charge in [0.15, 0.2) is 11.5 Å². The molecular weight excluding hydrogens is 408 g/mol. The number of allylic oxidation sites excluding steroid dienone is 1. The number of hydrogen-bond acceptors (Lipinski definition) is 5. The zero-order valence-electron chi connectivity index (χ0n) is 18.1. The van der Waals surface area contributed by atoms with Gasteiger partial charge >= 0.3 is 0 Å². The van der Waals surface area contributed by atoms with Gasteiger partial charge in [0.2, 0.25) is 12.7 Å². The second-order valence-electron chi connectivity index (χ2n) is 8.58. The van der Waals surface area contributed by atoms with Gasteiger partial charge in [-0.15, -0.1) is 0 Å². The highest BCUT2D eigenvalue weighted by molar-refractivity contribution is 6.04. The average molecular weight is 437 g/mol. The molecule has 0 unspecified atom stereocenters. The van der Waals surface area contributed by atoms with E-state index in [4.69, 9.17) is 9.47 Å². The molecule has 0 saturated carbocycles. The summed E-state index contributed by atoms with van der Waals surface area (Å²) in [7, 11) is 0. The molecule has 2 aliphatic heterocycles. The lowest BCUT2D eigenvalue weighted by Crippen LogP contribution is -2.39. The predicted octanol–water partition coefficient (Wildman–Crippen LogP) is 3.92. The SMILES string of the molecule is O=C(Nc1ccnn1C1CCN(C(=O)CC2=CCCCC2)CC1)c1ccc2c(c1)OCO2. The lowest BCUT2D eigenvalue weighted by Gasteiger charge is -2.33. The number of aromatic nitrogens is 2. The Morgan fingerprint density at radius 1 is 1.09 bits per heavy atom. The predicted molar refractivity (Wildman–Crippen MR) is 119 cm³/mol. The van der Waals surface area contributed by atoms with Crippen LogP contribution in [0, 0.1) is 0 Å². The van der Waals surface area contributed by atoms with Crippen molar-refractivity contribution in [3.8, 4) is 11.5 Å². The van der Waals surface area contributed by atoms with E-state index >= 15 is 0 Å². The van der Waals surface area contributed by atoms with Crippen molar-refractivity contribution in [2.75, 3.05) is 25.2 Å². The quantitative estimate of drug-likeness (QED) is 0.718. The van der Waals surface area contributed by atoms with Crippen molar-refractivity contribution in [1.82, 2.24) is 14.7 Å². The molecule has 8 heteroatoms. The number of benzene rings is 1. The molecule has 3 heterocycles. The summed E-state index contributed by atoms with van der Waals surface area (Å²) in [6.45, 7) is 1.60. The first-order valence-corrected chi connectivity index (χ1v) is 11.4. The smallest absolute Gasteiger partial charge is 0.256 e. The molecule has 32 heavy (non-hydrogen) atoms. The molecule has 1 fully saturated rings. The topological polar surface area (TPSA) is 85.7 Å². The van der Waals surface area contributed by atoms with E-state index in [1.165, 1.54) is 18.4 Å². The minimum Gasteiger partial charge on any atom is -0.454 e. The highest BCUT2D eigenvalue weighted by Gasteiger charge is 2.26.